The van der Waals surface area contributed by atoms with Crippen LogP contribution in [0.5, 0.6) is 0 Å². The van der Waals surface area contributed by atoms with Gasteiger partial charge in [-0.3, -0.25) is 0 Å². The summed E-state index contributed by atoms with van der Waals surface area (Å²) in [6.45, 7) is 0. The summed E-state index contributed by atoms with van der Waals surface area (Å²) in [5.41, 5.74) is 14.1. The normalized spacial score (nSPS) is 11.9. The molecular formula is C48H29NO2. The molecule has 8 aromatic carbocycles. The number of aromatic nitrogens is 1. The van der Waals surface area contributed by atoms with Crippen molar-refractivity contribution in [3.8, 4) is 39.1 Å². The molecule has 51 heavy (non-hydrogen) atoms. The van der Waals surface area contributed by atoms with E-state index in [0.29, 0.717) is 0 Å². The van der Waals surface area contributed by atoms with Crippen molar-refractivity contribution >= 4 is 65.7 Å². The molecular weight excluding hydrogens is 623 g/mol. The summed E-state index contributed by atoms with van der Waals surface area (Å²) in [4.78, 5) is 0. The zero-order chi connectivity index (χ0) is 33.5. The minimum atomic E-state index is 0.912. The molecule has 0 saturated carbocycles. The van der Waals surface area contributed by atoms with E-state index in [2.05, 4.69) is 156 Å². The molecule has 0 amide bonds. The van der Waals surface area contributed by atoms with E-state index in [0.717, 1.165) is 60.7 Å². The first-order valence-electron chi connectivity index (χ1n) is 17.3. The molecule has 0 radical (unpaired) electrons. The third-order valence-electron chi connectivity index (χ3n) is 10.4. The second kappa shape index (κ2) is 10.8. The first kappa shape index (κ1) is 28.0. The predicted molar refractivity (Wildman–Crippen MR) is 212 cm³/mol. The zero-order valence-electron chi connectivity index (χ0n) is 27.5. The first-order chi connectivity index (χ1) is 25.3. The number of benzene rings is 8. The van der Waals surface area contributed by atoms with Crippen LogP contribution >= 0.6 is 0 Å². The van der Waals surface area contributed by atoms with E-state index in [4.69, 9.17) is 8.83 Å². The smallest absolute Gasteiger partial charge is 0.143 e. The van der Waals surface area contributed by atoms with Crippen LogP contribution in [-0.4, -0.2) is 4.57 Å². The Morgan fingerprint density at radius 3 is 1.84 bits per heavy atom. The van der Waals surface area contributed by atoms with E-state index in [-0.39, 0.29) is 0 Å². The van der Waals surface area contributed by atoms with E-state index >= 15 is 0 Å². The highest BCUT2D eigenvalue weighted by Crippen LogP contribution is 2.41. The molecule has 0 atom stereocenters. The summed E-state index contributed by atoms with van der Waals surface area (Å²) in [5, 5.41) is 7.03. The second-order valence-corrected chi connectivity index (χ2v) is 13.3. The molecule has 0 N–H and O–H groups in total. The highest BCUT2D eigenvalue weighted by molar-refractivity contribution is 6.14. The molecule has 3 heterocycles. The van der Waals surface area contributed by atoms with Crippen molar-refractivity contribution in [2.24, 2.45) is 0 Å². The molecule has 3 aromatic heterocycles. The summed E-state index contributed by atoms with van der Waals surface area (Å²) < 4.78 is 15.0. The maximum absolute atomic E-state index is 6.42. The van der Waals surface area contributed by atoms with Crippen LogP contribution in [0.3, 0.4) is 0 Å². The lowest BCUT2D eigenvalue weighted by Crippen LogP contribution is -1.94. The van der Waals surface area contributed by atoms with E-state index in [1.807, 2.05) is 24.3 Å². The van der Waals surface area contributed by atoms with Crippen molar-refractivity contribution in [3.05, 3.63) is 176 Å². The van der Waals surface area contributed by atoms with Gasteiger partial charge in [0, 0.05) is 43.6 Å². The molecule has 0 aliphatic rings. The zero-order valence-corrected chi connectivity index (χ0v) is 27.5. The molecule has 0 unspecified atom stereocenters. The standard InChI is InChI=1S/C48H29NO2/c1-4-18-42-37(12-1)41-29-33(36-16-8-17-39-38-13-2-5-19-44(38)51-48(36)39)26-27-43(41)49(42)34-11-7-10-32(28-34)30-22-24-31(25-23-30)35-15-9-21-46-47(35)40-14-3-6-20-45(40)50-46/h1-29H. The Labute approximate surface area is 293 Å². The van der Waals surface area contributed by atoms with Crippen LogP contribution in [0.4, 0.5) is 0 Å². The average Bonchev–Trinajstić information content (AvgIpc) is 3.87. The van der Waals surface area contributed by atoms with Crippen molar-refractivity contribution in [2.45, 2.75) is 0 Å². The van der Waals surface area contributed by atoms with E-state index in [9.17, 15) is 0 Å². The van der Waals surface area contributed by atoms with E-state index in [1.165, 1.54) is 44.1 Å². The van der Waals surface area contributed by atoms with Gasteiger partial charge in [0.1, 0.15) is 22.3 Å². The van der Waals surface area contributed by atoms with Crippen molar-refractivity contribution in [1.29, 1.82) is 0 Å². The van der Waals surface area contributed by atoms with Crippen LogP contribution in [0, 0.1) is 0 Å². The lowest BCUT2D eigenvalue weighted by Gasteiger charge is -2.11. The molecule has 11 rings (SSSR count). The van der Waals surface area contributed by atoms with Gasteiger partial charge in [-0.1, -0.05) is 127 Å². The summed E-state index contributed by atoms with van der Waals surface area (Å²) in [6.07, 6.45) is 0. The molecule has 0 bridgehead atoms. The lowest BCUT2D eigenvalue weighted by molar-refractivity contribution is 0.669. The summed E-state index contributed by atoms with van der Waals surface area (Å²) in [7, 11) is 0. The number of rotatable bonds is 4. The number of furan rings is 2. The van der Waals surface area contributed by atoms with Crippen LogP contribution in [0.1, 0.15) is 0 Å². The average molecular weight is 652 g/mol. The molecule has 0 spiro atoms. The fourth-order valence-electron chi connectivity index (χ4n) is 8.08. The fraction of sp³-hybridized carbons (Fsp3) is 0. The van der Waals surface area contributed by atoms with E-state index < -0.39 is 0 Å². The van der Waals surface area contributed by atoms with E-state index in [1.54, 1.807) is 0 Å². The minimum Gasteiger partial charge on any atom is -0.456 e. The van der Waals surface area contributed by atoms with Gasteiger partial charge in [0.2, 0.25) is 0 Å². The predicted octanol–water partition coefficient (Wildman–Crippen LogP) is 13.6. The molecule has 0 saturated heterocycles. The minimum absolute atomic E-state index is 0.912. The van der Waals surface area contributed by atoms with Gasteiger partial charge >= 0.3 is 0 Å². The van der Waals surface area contributed by atoms with Gasteiger partial charge in [-0.2, -0.15) is 0 Å². The Morgan fingerprint density at radius 1 is 0.333 bits per heavy atom. The second-order valence-electron chi connectivity index (χ2n) is 13.3. The Hall–Kier alpha value is -6.84. The fourth-order valence-corrected chi connectivity index (χ4v) is 8.08. The number of para-hydroxylation sites is 4. The van der Waals surface area contributed by atoms with Crippen molar-refractivity contribution in [2.75, 3.05) is 0 Å². The Balaban J connectivity index is 1.01. The van der Waals surface area contributed by atoms with Crippen LogP contribution < -0.4 is 0 Å². The van der Waals surface area contributed by atoms with Gasteiger partial charge < -0.3 is 13.4 Å². The molecule has 3 nitrogen and oxygen atoms in total. The summed E-state index contributed by atoms with van der Waals surface area (Å²) in [6, 6.07) is 62.6. The summed E-state index contributed by atoms with van der Waals surface area (Å²) in [5.74, 6) is 0. The highest BCUT2D eigenvalue weighted by Gasteiger charge is 2.17. The Kier molecular flexibility index (Phi) is 5.96. The van der Waals surface area contributed by atoms with Gasteiger partial charge in [0.05, 0.1) is 11.0 Å². The van der Waals surface area contributed by atoms with Gasteiger partial charge in [0.15, 0.2) is 0 Å². The Morgan fingerprint density at radius 2 is 0.961 bits per heavy atom. The lowest BCUT2D eigenvalue weighted by atomic mass is 9.97. The highest BCUT2D eigenvalue weighted by atomic mass is 16.3. The largest absolute Gasteiger partial charge is 0.456 e. The van der Waals surface area contributed by atoms with Crippen LogP contribution in [0.25, 0.3) is 105 Å². The van der Waals surface area contributed by atoms with Gasteiger partial charge in [-0.05, 0) is 76.3 Å². The Bertz CT molecular complexity index is 3140. The van der Waals surface area contributed by atoms with Gasteiger partial charge in [-0.15, -0.1) is 0 Å². The van der Waals surface area contributed by atoms with Crippen molar-refractivity contribution < 1.29 is 8.83 Å². The van der Waals surface area contributed by atoms with Gasteiger partial charge in [-0.25, -0.2) is 0 Å². The number of nitrogens with zero attached hydrogens (tertiary/aromatic N) is 1. The molecule has 3 heteroatoms. The summed E-state index contributed by atoms with van der Waals surface area (Å²) >= 11 is 0. The third kappa shape index (κ3) is 4.25. The number of hydrogen-bond donors (Lipinski definition) is 0. The van der Waals surface area contributed by atoms with Gasteiger partial charge in [0.25, 0.3) is 0 Å². The molecule has 0 aliphatic carbocycles. The quantitative estimate of drug-likeness (QED) is 0.190. The monoisotopic (exact) mass is 651 g/mol. The third-order valence-corrected chi connectivity index (χ3v) is 10.4. The topological polar surface area (TPSA) is 31.2 Å². The molecule has 0 aliphatic heterocycles. The molecule has 238 valence electrons. The number of hydrogen-bond acceptors (Lipinski definition) is 2. The van der Waals surface area contributed by atoms with Crippen LogP contribution in [-0.2, 0) is 0 Å². The molecule has 11 aromatic rings. The maximum atomic E-state index is 6.42. The van der Waals surface area contributed by atoms with Crippen LogP contribution in [0.15, 0.2) is 185 Å². The van der Waals surface area contributed by atoms with Crippen molar-refractivity contribution in [1.82, 2.24) is 4.57 Å². The SMILES string of the molecule is c1cc(-c2ccc(-c3cccc4oc5ccccc5c34)cc2)cc(-n2c3ccccc3c3cc(-c4cccc5c4oc4ccccc45)ccc32)c1. The first-order valence-corrected chi connectivity index (χ1v) is 17.3. The van der Waals surface area contributed by atoms with Crippen LogP contribution in [0.2, 0.25) is 0 Å². The van der Waals surface area contributed by atoms with Crippen molar-refractivity contribution in [3.63, 3.8) is 0 Å². The maximum Gasteiger partial charge on any atom is 0.143 e. The number of fused-ring (bicyclic) bond motifs is 9. The molecule has 0 fully saturated rings.